The summed E-state index contributed by atoms with van der Waals surface area (Å²) in [6, 6.07) is 7.87. The van der Waals surface area contributed by atoms with Gasteiger partial charge in [-0.25, -0.2) is 0 Å². The number of methoxy groups -OCH3 is 1. The molecule has 1 aromatic rings. The maximum absolute atomic E-state index is 7.22. The van der Waals surface area contributed by atoms with Crippen molar-refractivity contribution in [3.63, 3.8) is 0 Å². The fourth-order valence-electron chi connectivity index (χ4n) is 1.28. The summed E-state index contributed by atoms with van der Waals surface area (Å²) < 4.78 is 5.25. The zero-order valence-corrected chi connectivity index (χ0v) is 9.80. The molecule has 1 unspecified atom stereocenters. The quantitative estimate of drug-likeness (QED) is 0.459. The largest absolute Gasteiger partial charge is 0.496 e. The van der Waals surface area contributed by atoms with E-state index in [0.717, 1.165) is 10.6 Å². The molecule has 0 heterocycles. The molecule has 0 spiro atoms. The van der Waals surface area contributed by atoms with Crippen LogP contribution >= 0.6 is 11.8 Å². The average molecular weight is 224 g/mol. The van der Waals surface area contributed by atoms with Crippen molar-refractivity contribution in [1.82, 2.24) is 0 Å². The lowest BCUT2D eigenvalue weighted by Gasteiger charge is -2.12. The lowest BCUT2D eigenvalue weighted by Crippen LogP contribution is -2.14. The highest BCUT2D eigenvalue weighted by atomic mass is 32.2. The average Bonchev–Trinajstić information content (AvgIpc) is 2.17. The van der Waals surface area contributed by atoms with Crippen LogP contribution in [0.4, 0.5) is 0 Å². The van der Waals surface area contributed by atoms with Gasteiger partial charge in [-0.2, -0.15) is 0 Å². The molecule has 4 heteroatoms. The number of hydrogen-bond acceptors (Lipinski definition) is 3. The number of para-hydroxylation sites is 1. The van der Waals surface area contributed by atoms with Gasteiger partial charge in [0.15, 0.2) is 0 Å². The van der Waals surface area contributed by atoms with Gasteiger partial charge in [-0.05, 0) is 12.1 Å². The molecule has 82 valence electrons. The third-order valence-corrected chi connectivity index (χ3v) is 3.06. The fourth-order valence-corrected chi connectivity index (χ4v) is 2.41. The van der Waals surface area contributed by atoms with Gasteiger partial charge in [0.2, 0.25) is 0 Å². The second-order valence-electron chi connectivity index (χ2n) is 3.31. The molecule has 15 heavy (non-hydrogen) atoms. The minimum Gasteiger partial charge on any atom is -0.496 e. The van der Waals surface area contributed by atoms with Crippen molar-refractivity contribution in [1.29, 1.82) is 5.41 Å². The number of benzene rings is 1. The molecular formula is C11H16N2OS. The van der Waals surface area contributed by atoms with E-state index in [4.69, 9.17) is 15.9 Å². The molecule has 0 saturated carbocycles. The van der Waals surface area contributed by atoms with Crippen LogP contribution in [0.15, 0.2) is 29.2 Å². The van der Waals surface area contributed by atoms with Gasteiger partial charge in [0, 0.05) is 16.6 Å². The van der Waals surface area contributed by atoms with Crippen molar-refractivity contribution in [3.8, 4) is 5.75 Å². The first kappa shape index (κ1) is 11.9. The van der Waals surface area contributed by atoms with E-state index in [0.29, 0.717) is 11.7 Å². The highest BCUT2D eigenvalue weighted by Gasteiger charge is 2.09. The molecule has 0 bridgehead atoms. The van der Waals surface area contributed by atoms with Crippen LogP contribution in [-0.2, 0) is 0 Å². The van der Waals surface area contributed by atoms with E-state index in [2.05, 4.69) is 6.92 Å². The van der Waals surface area contributed by atoms with Gasteiger partial charge in [-0.1, -0.05) is 19.1 Å². The molecule has 0 radical (unpaired) electrons. The fraction of sp³-hybridized carbons (Fsp3) is 0.364. The summed E-state index contributed by atoms with van der Waals surface area (Å²) in [5.74, 6) is 1.10. The summed E-state index contributed by atoms with van der Waals surface area (Å²) >= 11 is 1.68. The summed E-state index contributed by atoms with van der Waals surface area (Å²) in [4.78, 5) is 1.09. The Morgan fingerprint density at radius 2 is 2.20 bits per heavy atom. The Morgan fingerprint density at radius 3 is 2.80 bits per heavy atom. The molecule has 0 amide bonds. The van der Waals surface area contributed by atoms with E-state index in [1.54, 1.807) is 18.9 Å². The van der Waals surface area contributed by atoms with Crippen LogP contribution in [0.1, 0.15) is 13.3 Å². The van der Waals surface area contributed by atoms with Gasteiger partial charge in [-0.15, -0.1) is 11.8 Å². The van der Waals surface area contributed by atoms with Crippen LogP contribution in [0.3, 0.4) is 0 Å². The maximum atomic E-state index is 7.22. The van der Waals surface area contributed by atoms with E-state index in [9.17, 15) is 0 Å². The normalized spacial score (nSPS) is 12.1. The van der Waals surface area contributed by atoms with E-state index in [1.807, 2.05) is 24.3 Å². The van der Waals surface area contributed by atoms with Crippen LogP contribution in [0.5, 0.6) is 5.75 Å². The summed E-state index contributed by atoms with van der Waals surface area (Å²) in [7, 11) is 1.66. The third-order valence-electron chi connectivity index (χ3n) is 1.90. The van der Waals surface area contributed by atoms with E-state index >= 15 is 0 Å². The Kier molecular flexibility index (Phi) is 4.49. The molecule has 0 aliphatic rings. The smallest absolute Gasteiger partial charge is 0.132 e. The Balaban J connectivity index is 2.67. The van der Waals surface area contributed by atoms with Gasteiger partial charge >= 0.3 is 0 Å². The molecule has 3 N–H and O–H groups in total. The monoisotopic (exact) mass is 224 g/mol. The number of nitrogens with two attached hydrogens (primary N) is 1. The first-order valence-corrected chi connectivity index (χ1v) is 5.64. The van der Waals surface area contributed by atoms with Crippen LogP contribution in [0.25, 0.3) is 0 Å². The maximum Gasteiger partial charge on any atom is 0.132 e. The van der Waals surface area contributed by atoms with Crippen LogP contribution < -0.4 is 10.5 Å². The lowest BCUT2D eigenvalue weighted by molar-refractivity contribution is 0.405. The summed E-state index contributed by atoms with van der Waals surface area (Å²) in [5.41, 5.74) is 5.36. The van der Waals surface area contributed by atoms with Crippen molar-refractivity contribution < 1.29 is 4.74 Å². The van der Waals surface area contributed by atoms with Crippen molar-refractivity contribution >= 4 is 17.6 Å². The van der Waals surface area contributed by atoms with Crippen molar-refractivity contribution in [2.24, 2.45) is 5.73 Å². The van der Waals surface area contributed by atoms with Gasteiger partial charge in [-0.3, -0.25) is 5.41 Å². The van der Waals surface area contributed by atoms with Crippen molar-refractivity contribution in [3.05, 3.63) is 24.3 Å². The molecule has 0 aliphatic heterocycles. The van der Waals surface area contributed by atoms with E-state index in [-0.39, 0.29) is 5.84 Å². The van der Waals surface area contributed by atoms with Crippen LogP contribution in [0, 0.1) is 5.41 Å². The Morgan fingerprint density at radius 1 is 1.53 bits per heavy atom. The second-order valence-corrected chi connectivity index (χ2v) is 4.79. The molecule has 1 atom stereocenters. The zero-order valence-electron chi connectivity index (χ0n) is 8.99. The first-order chi connectivity index (χ1) is 7.13. The van der Waals surface area contributed by atoms with Gasteiger partial charge in [0.25, 0.3) is 0 Å². The van der Waals surface area contributed by atoms with Crippen LogP contribution in [-0.4, -0.2) is 18.2 Å². The van der Waals surface area contributed by atoms with E-state index < -0.39 is 0 Å². The van der Waals surface area contributed by atoms with E-state index in [1.165, 1.54) is 0 Å². The molecular weight excluding hydrogens is 208 g/mol. The Labute approximate surface area is 94.5 Å². The zero-order chi connectivity index (χ0) is 11.3. The highest BCUT2D eigenvalue weighted by molar-refractivity contribution is 8.00. The number of hydrogen-bond donors (Lipinski definition) is 2. The minimum absolute atomic E-state index is 0.227. The molecule has 0 fully saturated rings. The Bertz CT molecular complexity index is 341. The molecule has 3 nitrogen and oxygen atoms in total. The SMILES string of the molecule is COc1ccccc1SC(C)CC(=N)N. The Hall–Kier alpha value is -1.16. The first-order valence-electron chi connectivity index (χ1n) is 4.76. The molecule has 0 aromatic heterocycles. The topological polar surface area (TPSA) is 59.1 Å². The second kappa shape index (κ2) is 5.66. The minimum atomic E-state index is 0.227. The van der Waals surface area contributed by atoms with Crippen molar-refractivity contribution in [2.45, 2.75) is 23.5 Å². The van der Waals surface area contributed by atoms with Gasteiger partial charge < -0.3 is 10.5 Å². The molecule has 1 aromatic carbocycles. The summed E-state index contributed by atoms with van der Waals surface area (Å²) in [6.45, 7) is 2.05. The molecule has 0 saturated heterocycles. The van der Waals surface area contributed by atoms with Crippen molar-refractivity contribution in [2.75, 3.05) is 7.11 Å². The highest BCUT2D eigenvalue weighted by Crippen LogP contribution is 2.32. The summed E-state index contributed by atoms with van der Waals surface area (Å²) in [6.07, 6.45) is 0.600. The van der Waals surface area contributed by atoms with Gasteiger partial charge in [0.1, 0.15) is 5.75 Å². The van der Waals surface area contributed by atoms with Gasteiger partial charge in [0.05, 0.1) is 12.9 Å². The molecule has 0 aliphatic carbocycles. The summed E-state index contributed by atoms with van der Waals surface area (Å²) in [5, 5.41) is 7.51. The number of thioether (sulfide) groups is 1. The van der Waals surface area contributed by atoms with Crippen LogP contribution in [0.2, 0.25) is 0 Å². The lowest BCUT2D eigenvalue weighted by atomic mass is 10.3. The predicted molar refractivity (Wildman–Crippen MR) is 64.8 cm³/mol. The number of nitrogens with one attached hydrogen (secondary N) is 1. The number of ether oxygens (including phenoxy) is 1. The standard InChI is InChI=1S/C11H16N2OS/c1-8(7-11(12)13)15-10-6-4-3-5-9(10)14-2/h3-6,8H,7H2,1-2H3,(H3,12,13). The number of amidine groups is 1. The predicted octanol–water partition coefficient (Wildman–Crippen LogP) is 2.50. The number of rotatable bonds is 5. The third kappa shape index (κ3) is 3.83. The molecule has 1 rings (SSSR count).